The Bertz CT molecular complexity index is 1180. The second-order valence-electron chi connectivity index (χ2n) is 8.01. The molecule has 0 aliphatic rings. The molecule has 1 heterocycles. The summed E-state index contributed by atoms with van der Waals surface area (Å²) in [4.78, 5) is 22.8. The Balaban J connectivity index is 1.52. The van der Waals surface area contributed by atoms with Gasteiger partial charge < -0.3 is 25.6 Å². The molecule has 3 N–H and O–H groups in total. The van der Waals surface area contributed by atoms with Gasteiger partial charge >= 0.3 is 0 Å². The predicted octanol–water partition coefficient (Wildman–Crippen LogP) is 5.61. The van der Waals surface area contributed by atoms with Crippen molar-refractivity contribution in [3.05, 3.63) is 77.9 Å². The maximum atomic E-state index is 13.4. The number of hydrogen-bond donors (Lipinski definition) is 3. The van der Waals surface area contributed by atoms with E-state index in [0.717, 1.165) is 25.3 Å². The maximum Gasteiger partial charge on any atom is 0.248 e. The van der Waals surface area contributed by atoms with Crippen molar-refractivity contribution in [3.63, 3.8) is 0 Å². The fourth-order valence-corrected chi connectivity index (χ4v) is 3.30. The number of amides is 1. The number of aromatic nitrogens is 2. The first-order chi connectivity index (χ1) is 17.4. The van der Waals surface area contributed by atoms with Crippen LogP contribution in [0, 0.1) is 5.82 Å². The summed E-state index contributed by atoms with van der Waals surface area (Å²) in [5.74, 6) is 0.339. The Labute approximate surface area is 215 Å². The van der Waals surface area contributed by atoms with E-state index < -0.39 is 5.82 Å². The summed E-state index contributed by atoms with van der Waals surface area (Å²) >= 11 is 5.84. The van der Waals surface area contributed by atoms with Gasteiger partial charge in [0.2, 0.25) is 5.91 Å². The lowest BCUT2D eigenvalue weighted by Crippen LogP contribution is -2.23. The Morgan fingerprint density at radius 1 is 1.06 bits per heavy atom. The third-order valence-corrected chi connectivity index (χ3v) is 5.20. The lowest BCUT2D eigenvalue weighted by molar-refractivity contribution is -0.111. The second kappa shape index (κ2) is 14.1. The van der Waals surface area contributed by atoms with Crippen molar-refractivity contribution < 1.29 is 13.9 Å². The standard InChI is InChI=1S/C26H30ClFN6O2/c1-3-13-36-14-12-34(2)11-5-8-26(35)33-20-7-4-6-19(15-20)31-24-17-25(30-18-29-24)32-21-9-10-23(28)22(27)16-21/h4-10,15-18H,3,11-14H2,1-2H3,(H,33,35)(H2,29,30,31,32). The number of hydrogen-bond acceptors (Lipinski definition) is 7. The molecule has 36 heavy (non-hydrogen) atoms. The highest BCUT2D eigenvalue weighted by atomic mass is 35.5. The molecule has 0 atom stereocenters. The number of nitrogens with zero attached hydrogens (tertiary/aromatic N) is 3. The van der Waals surface area contributed by atoms with Gasteiger partial charge in [0.25, 0.3) is 0 Å². The Kier molecular flexibility index (Phi) is 10.6. The van der Waals surface area contributed by atoms with Crippen LogP contribution in [0.25, 0.3) is 0 Å². The molecule has 0 unspecified atom stereocenters. The number of likely N-dealkylation sites (N-methyl/N-ethyl adjacent to an activating group) is 1. The molecule has 1 aromatic heterocycles. The van der Waals surface area contributed by atoms with Gasteiger partial charge in [-0.1, -0.05) is 30.7 Å². The molecule has 10 heteroatoms. The van der Waals surface area contributed by atoms with E-state index in [4.69, 9.17) is 16.3 Å². The summed E-state index contributed by atoms with van der Waals surface area (Å²) in [6, 6.07) is 13.3. The van der Waals surface area contributed by atoms with Crippen molar-refractivity contribution in [2.24, 2.45) is 0 Å². The van der Waals surface area contributed by atoms with Gasteiger partial charge in [0.05, 0.1) is 11.6 Å². The zero-order chi connectivity index (χ0) is 25.8. The molecule has 190 valence electrons. The average Bonchev–Trinajstić information content (AvgIpc) is 2.85. The van der Waals surface area contributed by atoms with E-state index in [9.17, 15) is 9.18 Å². The summed E-state index contributed by atoms with van der Waals surface area (Å²) < 4.78 is 18.9. The molecule has 8 nitrogen and oxygen atoms in total. The smallest absolute Gasteiger partial charge is 0.248 e. The van der Waals surface area contributed by atoms with Crippen LogP contribution < -0.4 is 16.0 Å². The molecule has 3 rings (SSSR count). The first-order valence-corrected chi connectivity index (χ1v) is 12.0. The first-order valence-electron chi connectivity index (χ1n) is 11.6. The van der Waals surface area contributed by atoms with Crippen LogP contribution in [0.5, 0.6) is 0 Å². The molecular weight excluding hydrogens is 483 g/mol. The lowest BCUT2D eigenvalue weighted by atomic mass is 10.2. The highest BCUT2D eigenvalue weighted by Crippen LogP contribution is 2.24. The van der Waals surface area contributed by atoms with Crippen LogP contribution in [0.4, 0.5) is 33.1 Å². The molecule has 1 amide bonds. The van der Waals surface area contributed by atoms with E-state index in [2.05, 4.69) is 37.7 Å². The van der Waals surface area contributed by atoms with Crippen molar-refractivity contribution >= 4 is 46.2 Å². The largest absolute Gasteiger partial charge is 0.380 e. The molecule has 0 saturated carbocycles. The Morgan fingerprint density at radius 3 is 2.50 bits per heavy atom. The van der Waals surface area contributed by atoms with E-state index in [0.29, 0.717) is 36.2 Å². The van der Waals surface area contributed by atoms with E-state index in [1.165, 1.54) is 24.5 Å². The Morgan fingerprint density at radius 2 is 1.78 bits per heavy atom. The molecule has 0 aliphatic carbocycles. The number of nitrogens with one attached hydrogen (secondary N) is 3. The number of carbonyl (C=O) groups excluding carboxylic acids is 1. The van der Waals surface area contributed by atoms with Crippen molar-refractivity contribution in [2.45, 2.75) is 13.3 Å². The number of ether oxygens (including phenoxy) is 1. The summed E-state index contributed by atoms with van der Waals surface area (Å²) in [7, 11) is 1.98. The molecule has 2 aromatic carbocycles. The van der Waals surface area contributed by atoms with Gasteiger partial charge in [0.15, 0.2) is 0 Å². The predicted molar refractivity (Wildman–Crippen MR) is 143 cm³/mol. The van der Waals surface area contributed by atoms with Gasteiger partial charge in [-0.25, -0.2) is 14.4 Å². The minimum atomic E-state index is -0.491. The SMILES string of the molecule is CCCOCCN(C)CC=CC(=O)Nc1cccc(Nc2cc(Nc3ccc(F)c(Cl)c3)ncn2)c1. The number of halogens is 2. The highest BCUT2D eigenvalue weighted by Gasteiger charge is 2.05. The highest BCUT2D eigenvalue weighted by molar-refractivity contribution is 6.31. The normalized spacial score (nSPS) is 11.1. The van der Waals surface area contributed by atoms with Crippen LogP contribution in [0.15, 0.2) is 67.0 Å². The molecule has 0 bridgehead atoms. The summed E-state index contributed by atoms with van der Waals surface area (Å²) in [5, 5.41) is 9.13. The lowest BCUT2D eigenvalue weighted by Gasteiger charge is -2.14. The fraction of sp³-hybridized carbons (Fsp3) is 0.269. The van der Waals surface area contributed by atoms with Crippen LogP contribution in [-0.4, -0.2) is 54.1 Å². The molecule has 0 saturated heterocycles. The van der Waals surface area contributed by atoms with Gasteiger partial charge in [-0.3, -0.25) is 4.79 Å². The van der Waals surface area contributed by atoms with Gasteiger partial charge in [0.1, 0.15) is 23.8 Å². The number of benzene rings is 2. The summed E-state index contributed by atoms with van der Waals surface area (Å²) in [6.45, 7) is 4.97. The van der Waals surface area contributed by atoms with E-state index >= 15 is 0 Å². The van der Waals surface area contributed by atoms with Crippen LogP contribution in [0.2, 0.25) is 5.02 Å². The molecule has 0 aliphatic heterocycles. The van der Waals surface area contributed by atoms with Gasteiger partial charge in [0, 0.05) is 48.9 Å². The number of anilines is 5. The summed E-state index contributed by atoms with van der Waals surface area (Å²) in [6.07, 6.45) is 5.75. The van der Waals surface area contributed by atoms with Crippen molar-refractivity contribution in [3.8, 4) is 0 Å². The topological polar surface area (TPSA) is 91.4 Å². The maximum absolute atomic E-state index is 13.4. The average molecular weight is 513 g/mol. The summed E-state index contributed by atoms with van der Waals surface area (Å²) in [5.41, 5.74) is 1.97. The van der Waals surface area contributed by atoms with Crippen LogP contribution in [0.3, 0.4) is 0 Å². The Hall–Kier alpha value is -3.53. The van der Waals surface area contributed by atoms with E-state index in [1.807, 2.05) is 25.3 Å². The minimum Gasteiger partial charge on any atom is -0.380 e. The van der Waals surface area contributed by atoms with E-state index in [-0.39, 0.29) is 10.9 Å². The zero-order valence-corrected chi connectivity index (χ0v) is 21.1. The van der Waals surface area contributed by atoms with Gasteiger partial charge in [-0.05, 0) is 49.9 Å². The molecule has 3 aromatic rings. The van der Waals surface area contributed by atoms with E-state index in [1.54, 1.807) is 24.3 Å². The van der Waals surface area contributed by atoms with Gasteiger partial charge in [-0.15, -0.1) is 0 Å². The third-order valence-electron chi connectivity index (χ3n) is 4.91. The van der Waals surface area contributed by atoms with Crippen molar-refractivity contribution in [1.82, 2.24) is 14.9 Å². The number of carbonyl (C=O) groups is 1. The van der Waals surface area contributed by atoms with Crippen LogP contribution in [-0.2, 0) is 9.53 Å². The quantitative estimate of drug-likeness (QED) is 0.202. The first kappa shape index (κ1) is 27.1. The minimum absolute atomic E-state index is 0.0186. The fourth-order valence-electron chi connectivity index (χ4n) is 3.12. The molecule has 0 spiro atoms. The van der Waals surface area contributed by atoms with Gasteiger partial charge in [-0.2, -0.15) is 0 Å². The van der Waals surface area contributed by atoms with Crippen molar-refractivity contribution in [2.75, 3.05) is 49.3 Å². The van der Waals surface area contributed by atoms with Crippen LogP contribution >= 0.6 is 11.6 Å². The second-order valence-corrected chi connectivity index (χ2v) is 8.42. The third kappa shape index (κ3) is 9.26. The van der Waals surface area contributed by atoms with Crippen molar-refractivity contribution in [1.29, 1.82) is 0 Å². The molecule has 0 radical (unpaired) electrons. The molecular formula is C26H30ClFN6O2. The monoisotopic (exact) mass is 512 g/mol. The molecule has 0 fully saturated rings. The zero-order valence-electron chi connectivity index (χ0n) is 20.3. The number of rotatable bonds is 13. The van der Waals surface area contributed by atoms with Crippen LogP contribution in [0.1, 0.15) is 13.3 Å².